The van der Waals surface area contributed by atoms with E-state index in [1.807, 2.05) is 0 Å². The molecule has 2 heterocycles. The average Bonchev–Trinajstić information content (AvgIpc) is 2.66. The maximum absolute atomic E-state index is 12.9. The summed E-state index contributed by atoms with van der Waals surface area (Å²) in [5.41, 5.74) is 0.871. The van der Waals surface area contributed by atoms with Gasteiger partial charge in [0.05, 0.1) is 11.3 Å². The van der Waals surface area contributed by atoms with Crippen LogP contribution in [0, 0.1) is 12.8 Å². The van der Waals surface area contributed by atoms with E-state index in [0.29, 0.717) is 24.6 Å². The number of carbonyl (C=O) groups excluding carboxylic acids is 1. The molecule has 1 aromatic carbocycles. The number of carbonyl (C=O) groups is 1. The van der Waals surface area contributed by atoms with Gasteiger partial charge in [-0.05, 0) is 55.0 Å². The van der Waals surface area contributed by atoms with E-state index < -0.39 is 32.6 Å². The van der Waals surface area contributed by atoms with E-state index in [2.05, 4.69) is 16.6 Å². The third-order valence-corrected chi connectivity index (χ3v) is 6.85. The molecule has 31 heavy (non-hydrogen) atoms. The molecule has 0 atom stereocenters. The molecule has 0 aliphatic carbocycles. The minimum atomic E-state index is -5.03. The fourth-order valence-electron chi connectivity index (χ4n) is 3.45. The Morgan fingerprint density at radius 2 is 1.87 bits per heavy atom. The van der Waals surface area contributed by atoms with E-state index in [1.54, 1.807) is 4.90 Å². The van der Waals surface area contributed by atoms with Crippen molar-refractivity contribution in [1.29, 1.82) is 0 Å². The van der Waals surface area contributed by atoms with Gasteiger partial charge in [0.2, 0.25) is 0 Å². The van der Waals surface area contributed by atoms with Crippen LogP contribution in [0.25, 0.3) is 0 Å². The highest BCUT2D eigenvalue weighted by Crippen LogP contribution is 2.32. The molecular weight excluding hydrogens is 433 g/mol. The zero-order valence-electron chi connectivity index (χ0n) is 17.1. The van der Waals surface area contributed by atoms with Gasteiger partial charge in [-0.2, -0.15) is 0 Å². The number of aryl methyl sites for hydroxylation is 1. The molecule has 0 bridgehead atoms. The third kappa shape index (κ3) is 5.96. The van der Waals surface area contributed by atoms with E-state index in [9.17, 15) is 26.4 Å². The molecular formula is C21H23F3N2O4S. The zero-order valence-corrected chi connectivity index (χ0v) is 18.0. The van der Waals surface area contributed by atoms with Crippen molar-refractivity contribution in [3.05, 3.63) is 53.3 Å². The van der Waals surface area contributed by atoms with Crippen LogP contribution in [0.2, 0.25) is 0 Å². The van der Waals surface area contributed by atoms with Crippen LogP contribution in [0.1, 0.15) is 41.3 Å². The van der Waals surface area contributed by atoms with Crippen LogP contribution >= 0.6 is 0 Å². The number of nitrogens with zero attached hydrogens (tertiary/aromatic N) is 2. The Morgan fingerprint density at radius 3 is 2.52 bits per heavy atom. The van der Waals surface area contributed by atoms with Gasteiger partial charge >= 0.3 is 6.36 Å². The van der Waals surface area contributed by atoms with Gasteiger partial charge in [0.1, 0.15) is 10.6 Å². The molecule has 168 valence electrons. The Labute approximate surface area is 179 Å². The average molecular weight is 456 g/mol. The second-order valence-electron chi connectivity index (χ2n) is 7.81. The summed E-state index contributed by atoms with van der Waals surface area (Å²) in [5.74, 6) is -1.10. The van der Waals surface area contributed by atoms with Crippen molar-refractivity contribution in [2.24, 2.45) is 5.92 Å². The summed E-state index contributed by atoms with van der Waals surface area (Å²) < 4.78 is 67.9. The van der Waals surface area contributed by atoms with Crippen LogP contribution in [-0.2, 0) is 15.6 Å². The number of hydrogen-bond acceptors (Lipinski definition) is 5. The van der Waals surface area contributed by atoms with Gasteiger partial charge in [-0.15, -0.1) is 13.2 Å². The number of ether oxygens (including phenoxy) is 1. The van der Waals surface area contributed by atoms with Gasteiger partial charge in [-0.1, -0.05) is 13.0 Å². The molecule has 1 saturated heterocycles. The number of halogens is 3. The van der Waals surface area contributed by atoms with E-state index in [4.69, 9.17) is 0 Å². The lowest BCUT2D eigenvalue weighted by molar-refractivity contribution is -0.275. The summed E-state index contributed by atoms with van der Waals surface area (Å²) in [7, 11) is -4.20. The molecule has 1 aliphatic rings. The summed E-state index contributed by atoms with van der Waals surface area (Å²) in [4.78, 5) is 17.8. The van der Waals surface area contributed by atoms with E-state index >= 15 is 0 Å². The lowest BCUT2D eigenvalue weighted by Gasteiger charge is -2.30. The van der Waals surface area contributed by atoms with Crippen molar-refractivity contribution in [2.45, 2.75) is 43.7 Å². The van der Waals surface area contributed by atoms with Gasteiger partial charge in [-0.25, -0.2) is 8.42 Å². The molecule has 1 fully saturated rings. The van der Waals surface area contributed by atoms with Crippen molar-refractivity contribution in [1.82, 2.24) is 9.88 Å². The first-order valence-corrected chi connectivity index (χ1v) is 11.4. The van der Waals surface area contributed by atoms with Gasteiger partial charge in [0, 0.05) is 25.5 Å². The highest BCUT2D eigenvalue weighted by molar-refractivity contribution is 7.90. The van der Waals surface area contributed by atoms with Crippen LogP contribution in [-0.4, -0.2) is 43.7 Å². The number of aromatic nitrogens is 1. The van der Waals surface area contributed by atoms with Crippen LogP contribution < -0.4 is 4.74 Å². The monoisotopic (exact) mass is 456 g/mol. The van der Waals surface area contributed by atoms with Crippen molar-refractivity contribution >= 4 is 15.7 Å². The van der Waals surface area contributed by atoms with E-state index in [0.717, 1.165) is 25.0 Å². The molecule has 0 unspecified atom stereocenters. The predicted molar refractivity (Wildman–Crippen MR) is 107 cm³/mol. The lowest BCUT2D eigenvalue weighted by Crippen LogP contribution is -2.38. The third-order valence-electron chi connectivity index (χ3n) is 5.13. The van der Waals surface area contributed by atoms with E-state index in [-0.39, 0.29) is 17.0 Å². The number of likely N-dealkylation sites (tertiary alicyclic amines) is 1. The molecule has 3 rings (SSSR count). The Morgan fingerprint density at radius 1 is 1.19 bits per heavy atom. The fourth-order valence-corrected chi connectivity index (χ4v) is 4.89. The SMILES string of the molecule is Cc1ccc(S(=O)(=O)Cc2cncc(C(=O)N3CCC(C)CC3)c2)c(OC(F)(F)F)c1. The number of alkyl halides is 3. The highest BCUT2D eigenvalue weighted by atomic mass is 32.2. The Balaban J connectivity index is 1.84. The number of benzene rings is 1. The fraction of sp³-hybridized carbons (Fsp3) is 0.429. The van der Waals surface area contributed by atoms with E-state index in [1.165, 1.54) is 31.5 Å². The minimum Gasteiger partial charge on any atom is -0.404 e. The maximum atomic E-state index is 12.9. The van der Waals surface area contributed by atoms with Crippen LogP contribution in [0.4, 0.5) is 13.2 Å². The standard InChI is InChI=1S/C21H23F3N2O4S/c1-14-5-7-26(8-6-14)20(27)17-10-16(11-25-12-17)13-31(28,29)19-4-3-15(2)9-18(19)30-21(22,23)24/h3-4,9-12,14H,5-8,13H2,1-2H3. The normalized spacial score (nSPS) is 15.7. The molecule has 0 saturated carbocycles. The van der Waals surface area contributed by atoms with Crippen molar-refractivity contribution in [3.8, 4) is 5.75 Å². The molecule has 0 radical (unpaired) electrons. The molecule has 0 spiro atoms. The van der Waals surface area contributed by atoms with Gasteiger partial charge in [0.25, 0.3) is 5.91 Å². The minimum absolute atomic E-state index is 0.203. The Hall–Kier alpha value is -2.62. The molecule has 2 aromatic rings. The Bertz CT molecular complexity index is 1060. The van der Waals surface area contributed by atoms with Gasteiger partial charge in [0.15, 0.2) is 9.84 Å². The molecule has 0 N–H and O–H groups in total. The summed E-state index contributed by atoms with van der Waals surface area (Å²) in [6.45, 7) is 4.88. The number of piperidine rings is 1. The summed E-state index contributed by atoms with van der Waals surface area (Å²) in [6, 6.07) is 4.92. The van der Waals surface area contributed by atoms with Crippen molar-refractivity contribution in [2.75, 3.05) is 13.1 Å². The second-order valence-corrected chi connectivity index (χ2v) is 9.77. The number of sulfone groups is 1. The number of rotatable bonds is 5. The quantitative estimate of drug-likeness (QED) is 0.676. The highest BCUT2D eigenvalue weighted by Gasteiger charge is 2.34. The molecule has 1 aromatic heterocycles. The molecule has 10 heteroatoms. The second kappa shape index (κ2) is 8.86. The Kier molecular flexibility index (Phi) is 6.59. The summed E-state index contributed by atoms with van der Waals surface area (Å²) in [5, 5.41) is 0. The van der Waals surface area contributed by atoms with Crippen molar-refractivity contribution < 1.29 is 31.1 Å². The number of amides is 1. The maximum Gasteiger partial charge on any atom is 0.573 e. The first-order valence-electron chi connectivity index (χ1n) is 9.77. The van der Waals surface area contributed by atoms with Crippen molar-refractivity contribution in [3.63, 3.8) is 0 Å². The van der Waals surface area contributed by atoms with Crippen LogP contribution in [0.15, 0.2) is 41.6 Å². The first-order chi connectivity index (χ1) is 14.4. The lowest BCUT2D eigenvalue weighted by atomic mass is 9.99. The molecule has 6 nitrogen and oxygen atoms in total. The number of pyridine rings is 1. The molecule has 1 amide bonds. The smallest absolute Gasteiger partial charge is 0.404 e. The molecule has 1 aliphatic heterocycles. The topological polar surface area (TPSA) is 76.6 Å². The van der Waals surface area contributed by atoms with Gasteiger partial charge in [-0.3, -0.25) is 9.78 Å². The summed E-state index contributed by atoms with van der Waals surface area (Å²) in [6.07, 6.45) is -0.602. The van der Waals surface area contributed by atoms with Crippen LogP contribution in [0.5, 0.6) is 5.75 Å². The summed E-state index contributed by atoms with van der Waals surface area (Å²) >= 11 is 0. The largest absolute Gasteiger partial charge is 0.573 e. The zero-order chi connectivity index (χ0) is 22.8. The van der Waals surface area contributed by atoms with Gasteiger partial charge < -0.3 is 9.64 Å². The number of hydrogen-bond donors (Lipinski definition) is 0. The predicted octanol–water partition coefficient (Wildman–Crippen LogP) is 4.13. The first kappa shape index (κ1) is 23.1. The van der Waals surface area contributed by atoms with Crippen LogP contribution in [0.3, 0.4) is 0 Å².